The monoisotopic (exact) mass is 560 g/mol. The molecule has 1 N–H and O–H groups in total. The summed E-state index contributed by atoms with van der Waals surface area (Å²) in [5, 5.41) is 11.9. The number of anilines is 1. The van der Waals surface area contributed by atoms with Crippen molar-refractivity contribution in [3.63, 3.8) is 0 Å². The molecule has 0 saturated carbocycles. The lowest BCUT2D eigenvalue weighted by atomic mass is 10.0. The number of halogens is 2. The van der Waals surface area contributed by atoms with Gasteiger partial charge in [0.25, 0.3) is 10.0 Å². The molecule has 1 unspecified atom stereocenters. The second-order valence-corrected chi connectivity index (χ2v) is 10.4. The van der Waals surface area contributed by atoms with Crippen molar-refractivity contribution in [2.24, 2.45) is 0 Å². The lowest BCUT2D eigenvalue weighted by Crippen LogP contribution is -2.28. The first-order valence-corrected chi connectivity index (χ1v) is 13.3. The van der Waals surface area contributed by atoms with E-state index in [0.717, 1.165) is 0 Å². The number of ether oxygens (including phenoxy) is 3. The van der Waals surface area contributed by atoms with Crippen molar-refractivity contribution in [2.45, 2.75) is 24.7 Å². The Morgan fingerprint density at radius 2 is 2.03 bits per heavy atom. The standard InChI is InChI=1S/C24H22ClFN6O5S/c1-15-9-17(12-27-11-15)38(33,34)30-23-18(16-5-3-2-4-6-16)10-19(25)24(22(23)26)37-13-20-28-31-32(29-20)21-14-35-7-8-36-21/h2-6,9-12,21,30H,7-8,13-14H2,1H3. The van der Waals surface area contributed by atoms with Gasteiger partial charge in [-0.05, 0) is 35.4 Å². The van der Waals surface area contributed by atoms with Crippen LogP contribution in [0.3, 0.4) is 0 Å². The molecular formula is C24H22ClFN6O5S. The van der Waals surface area contributed by atoms with E-state index in [0.29, 0.717) is 24.3 Å². The number of pyridine rings is 1. The molecule has 14 heteroatoms. The third-order valence-corrected chi connectivity index (χ3v) is 7.13. The summed E-state index contributed by atoms with van der Waals surface area (Å²) in [6.45, 7) is 2.54. The zero-order valence-corrected chi connectivity index (χ0v) is 21.6. The first-order valence-electron chi connectivity index (χ1n) is 11.4. The van der Waals surface area contributed by atoms with E-state index in [1.165, 1.54) is 29.3 Å². The second-order valence-electron chi connectivity index (χ2n) is 8.31. The number of rotatable bonds is 8. The maximum Gasteiger partial charge on any atom is 0.263 e. The topological polar surface area (TPSA) is 130 Å². The molecule has 0 radical (unpaired) electrons. The first-order chi connectivity index (χ1) is 18.3. The van der Waals surface area contributed by atoms with Crippen LogP contribution in [0.15, 0.2) is 59.8 Å². The number of nitrogens with zero attached hydrogens (tertiary/aromatic N) is 5. The van der Waals surface area contributed by atoms with Crippen LogP contribution in [-0.4, -0.2) is 53.4 Å². The van der Waals surface area contributed by atoms with Gasteiger partial charge in [-0.25, -0.2) is 12.8 Å². The lowest BCUT2D eigenvalue weighted by molar-refractivity contribution is -0.133. The number of hydrogen-bond acceptors (Lipinski definition) is 9. The number of aryl methyl sites for hydroxylation is 1. The number of benzene rings is 2. The van der Waals surface area contributed by atoms with Gasteiger partial charge in [0.1, 0.15) is 4.90 Å². The highest BCUT2D eigenvalue weighted by Gasteiger charge is 2.26. The zero-order chi connectivity index (χ0) is 26.7. The molecule has 38 heavy (non-hydrogen) atoms. The number of tetrazole rings is 1. The fraction of sp³-hybridized carbons (Fsp3) is 0.250. The molecule has 3 heterocycles. The van der Waals surface area contributed by atoms with Gasteiger partial charge in [-0.2, -0.15) is 0 Å². The minimum absolute atomic E-state index is 0.0714. The molecule has 1 fully saturated rings. The van der Waals surface area contributed by atoms with E-state index in [1.807, 2.05) is 0 Å². The third kappa shape index (κ3) is 5.60. The Bertz CT molecular complexity index is 1550. The van der Waals surface area contributed by atoms with Gasteiger partial charge in [-0.1, -0.05) is 41.9 Å². The normalized spacial score (nSPS) is 15.8. The van der Waals surface area contributed by atoms with Gasteiger partial charge in [-0.15, -0.1) is 15.0 Å². The minimum atomic E-state index is -4.21. The van der Waals surface area contributed by atoms with Gasteiger partial charge in [-0.3, -0.25) is 9.71 Å². The molecule has 4 aromatic rings. The van der Waals surface area contributed by atoms with E-state index >= 15 is 4.39 Å². The van der Waals surface area contributed by atoms with Gasteiger partial charge in [0.15, 0.2) is 24.4 Å². The van der Waals surface area contributed by atoms with E-state index in [4.69, 9.17) is 25.8 Å². The van der Waals surface area contributed by atoms with Gasteiger partial charge < -0.3 is 14.2 Å². The Morgan fingerprint density at radius 3 is 2.76 bits per heavy atom. The first kappa shape index (κ1) is 26.0. The predicted molar refractivity (Wildman–Crippen MR) is 135 cm³/mol. The minimum Gasteiger partial charge on any atom is -0.481 e. The van der Waals surface area contributed by atoms with E-state index in [2.05, 4.69) is 25.1 Å². The van der Waals surface area contributed by atoms with Crippen molar-refractivity contribution in [3.05, 3.63) is 77.1 Å². The summed E-state index contributed by atoms with van der Waals surface area (Å²) in [6, 6.07) is 11.5. The second kappa shape index (κ2) is 11.0. The number of sulfonamides is 1. The Morgan fingerprint density at radius 1 is 1.21 bits per heavy atom. The molecule has 11 nitrogen and oxygen atoms in total. The molecule has 1 atom stereocenters. The Balaban J connectivity index is 1.47. The molecule has 5 rings (SSSR count). The van der Waals surface area contributed by atoms with Crippen molar-refractivity contribution in [1.82, 2.24) is 25.2 Å². The number of hydrogen-bond donors (Lipinski definition) is 1. The van der Waals surface area contributed by atoms with Crippen molar-refractivity contribution < 1.29 is 27.0 Å². The predicted octanol–water partition coefficient (Wildman–Crippen LogP) is 3.76. The average Bonchev–Trinajstić information content (AvgIpc) is 3.40. The fourth-order valence-corrected chi connectivity index (χ4v) is 5.10. The SMILES string of the molecule is Cc1cncc(S(=O)(=O)Nc2c(-c3ccccc3)cc(Cl)c(OCc3nnn(C4COCCO4)n3)c2F)c1. The van der Waals surface area contributed by atoms with Gasteiger partial charge in [0.2, 0.25) is 5.82 Å². The highest BCUT2D eigenvalue weighted by molar-refractivity contribution is 7.92. The van der Waals surface area contributed by atoms with Crippen LogP contribution in [0.2, 0.25) is 5.02 Å². The summed E-state index contributed by atoms with van der Waals surface area (Å²) < 4.78 is 61.1. The summed E-state index contributed by atoms with van der Waals surface area (Å²) in [4.78, 5) is 5.05. The summed E-state index contributed by atoms with van der Waals surface area (Å²) in [7, 11) is -4.21. The van der Waals surface area contributed by atoms with Crippen LogP contribution in [0, 0.1) is 12.7 Å². The van der Waals surface area contributed by atoms with Crippen molar-refractivity contribution in [1.29, 1.82) is 0 Å². The molecule has 198 valence electrons. The highest BCUT2D eigenvalue weighted by Crippen LogP contribution is 2.41. The molecule has 2 aromatic carbocycles. The summed E-state index contributed by atoms with van der Waals surface area (Å²) in [5.41, 5.74) is 1.06. The Labute approximate surface area is 222 Å². The van der Waals surface area contributed by atoms with E-state index in [1.54, 1.807) is 37.3 Å². The van der Waals surface area contributed by atoms with Gasteiger partial charge >= 0.3 is 0 Å². The molecule has 0 aliphatic carbocycles. The molecule has 0 amide bonds. The van der Waals surface area contributed by atoms with Crippen LogP contribution in [0.1, 0.15) is 17.6 Å². The summed E-state index contributed by atoms with van der Waals surface area (Å²) in [6.07, 6.45) is 2.16. The van der Waals surface area contributed by atoms with Crippen molar-refractivity contribution in [3.8, 4) is 16.9 Å². The van der Waals surface area contributed by atoms with Crippen LogP contribution in [0.5, 0.6) is 5.75 Å². The number of nitrogens with one attached hydrogen (secondary N) is 1. The molecule has 0 bridgehead atoms. The van der Waals surface area contributed by atoms with Crippen LogP contribution >= 0.6 is 11.6 Å². The fourth-order valence-electron chi connectivity index (χ4n) is 3.73. The van der Waals surface area contributed by atoms with Crippen molar-refractivity contribution >= 4 is 27.3 Å². The van der Waals surface area contributed by atoms with Crippen LogP contribution < -0.4 is 9.46 Å². The largest absolute Gasteiger partial charge is 0.481 e. The molecule has 1 aliphatic rings. The van der Waals surface area contributed by atoms with E-state index in [-0.39, 0.29) is 46.0 Å². The summed E-state index contributed by atoms with van der Waals surface area (Å²) >= 11 is 6.41. The van der Waals surface area contributed by atoms with Crippen LogP contribution in [-0.2, 0) is 26.1 Å². The number of aromatic nitrogens is 5. The summed E-state index contributed by atoms with van der Waals surface area (Å²) in [5.74, 6) is -1.24. The maximum atomic E-state index is 16.0. The average molecular weight is 561 g/mol. The zero-order valence-electron chi connectivity index (χ0n) is 20.0. The Kier molecular flexibility index (Phi) is 7.51. The van der Waals surface area contributed by atoms with E-state index in [9.17, 15) is 8.42 Å². The van der Waals surface area contributed by atoms with Crippen LogP contribution in [0.25, 0.3) is 11.1 Å². The molecular weight excluding hydrogens is 539 g/mol. The highest BCUT2D eigenvalue weighted by atomic mass is 35.5. The Hall–Kier alpha value is -3.65. The molecule has 1 aliphatic heterocycles. The smallest absolute Gasteiger partial charge is 0.263 e. The molecule has 0 spiro atoms. The van der Waals surface area contributed by atoms with Gasteiger partial charge in [0.05, 0.1) is 30.5 Å². The molecule has 2 aromatic heterocycles. The van der Waals surface area contributed by atoms with Gasteiger partial charge in [0, 0.05) is 18.0 Å². The molecule has 1 saturated heterocycles. The lowest BCUT2D eigenvalue weighted by Gasteiger charge is -2.21. The van der Waals surface area contributed by atoms with Crippen molar-refractivity contribution in [2.75, 3.05) is 24.5 Å². The quantitative estimate of drug-likeness (QED) is 0.342. The maximum absolute atomic E-state index is 16.0. The van der Waals surface area contributed by atoms with Crippen LogP contribution in [0.4, 0.5) is 10.1 Å². The third-order valence-electron chi connectivity index (χ3n) is 5.53. The van der Waals surface area contributed by atoms with E-state index < -0.39 is 22.1 Å².